The molecular formula is C23H41N3. The Balaban J connectivity index is 1.26. The van der Waals surface area contributed by atoms with Gasteiger partial charge < -0.3 is 0 Å². The molecule has 3 heteroatoms. The number of rotatable bonds is 3. The summed E-state index contributed by atoms with van der Waals surface area (Å²) in [4.78, 5) is 8.51. The van der Waals surface area contributed by atoms with Crippen LogP contribution in [0.4, 0.5) is 0 Å². The number of piperazine rings is 1. The van der Waals surface area contributed by atoms with Gasteiger partial charge in [0.2, 0.25) is 0 Å². The van der Waals surface area contributed by atoms with E-state index in [1.165, 1.54) is 58.4 Å². The summed E-state index contributed by atoms with van der Waals surface area (Å²) in [6, 6.07) is 1.79. The molecule has 6 unspecified atom stereocenters. The molecule has 0 N–H and O–H groups in total. The Bertz CT molecular complexity index is 550. The van der Waals surface area contributed by atoms with E-state index in [1.54, 1.807) is 6.42 Å². The lowest BCUT2D eigenvalue weighted by atomic mass is 9.72. The van der Waals surface area contributed by atoms with Crippen LogP contribution in [-0.2, 0) is 0 Å². The summed E-state index contributed by atoms with van der Waals surface area (Å²) < 4.78 is 0. The van der Waals surface area contributed by atoms with Crippen molar-refractivity contribution in [3.05, 3.63) is 0 Å². The molecule has 0 amide bonds. The Labute approximate surface area is 161 Å². The lowest BCUT2D eigenvalue weighted by molar-refractivity contribution is 0.000477. The molecule has 3 nitrogen and oxygen atoms in total. The van der Waals surface area contributed by atoms with Crippen molar-refractivity contribution in [2.75, 3.05) is 32.7 Å². The molecule has 0 radical (unpaired) electrons. The maximum Gasteiger partial charge on any atom is 0.0224 e. The molecule has 3 aliphatic heterocycles. The molecule has 5 rings (SSSR count). The van der Waals surface area contributed by atoms with E-state index in [0.717, 1.165) is 35.8 Å². The third-order valence-corrected chi connectivity index (χ3v) is 8.96. The summed E-state index contributed by atoms with van der Waals surface area (Å²) in [5, 5.41) is 0. The Kier molecular flexibility index (Phi) is 4.10. The van der Waals surface area contributed by atoms with Crippen molar-refractivity contribution in [3.8, 4) is 0 Å². The molecule has 5 fully saturated rings. The lowest BCUT2D eigenvalue weighted by Crippen LogP contribution is -2.58. The topological polar surface area (TPSA) is 9.72 Å². The van der Waals surface area contributed by atoms with Crippen LogP contribution in [0, 0.1) is 23.7 Å². The van der Waals surface area contributed by atoms with Gasteiger partial charge in [-0.05, 0) is 96.9 Å². The Morgan fingerprint density at radius 1 is 0.885 bits per heavy atom. The van der Waals surface area contributed by atoms with Crippen LogP contribution < -0.4 is 0 Å². The highest BCUT2D eigenvalue weighted by atomic mass is 15.3. The van der Waals surface area contributed by atoms with E-state index >= 15 is 0 Å². The van der Waals surface area contributed by atoms with Crippen molar-refractivity contribution in [1.29, 1.82) is 0 Å². The summed E-state index contributed by atoms with van der Waals surface area (Å²) >= 11 is 0. The van der Waals surface area contributed by atoms with Gasteiger partial charge in [-0.25, -0.2) is 0 Å². The first-order valence-corrected chi connectivity index (χ1v) is 11.5. The third-order valence-electron chi connectivity index (χ3n) is 8.96. The summed E-state index contributed by atoms with van der Waals surface area (Å²) in [5.41, 5.74) is 0.741. The molecule has 2 saturated carbocycles. The van der Waals surface area contributed by atoms with Crippen molar-refractivity contribution < 1.29 is 0 Å². The van der Waals surface area contributed by atoms with E-state index in [-0.39, 0.29) is 0 Å². The van der Waals surface area contributed by atoms with Gasteiger partial charge in [0, 0.05) is 49.3 Å². The average Bonchev–Trinajstić information content (AvgIpc) is 3.11. The molecule has 0 aromatic rings. The zero-order valence-corrected chi connectivity index (χ0v) is 17.9. The molecule has 148 valence electrons. The van der Waals surface area contributed by atoms with Crippen LogP contribution in [0.5, 0.6) is 0 Å². The fourth-order valence-corrected chi connectivity index (χ4v) is 7.48. The zero-order valence-electron chi connectivity index (χ0n) is 17.9. The average molecular weight is 360 g/mol. The molecule has 0 aromatic heterocycles. The maximum atomic E-state index is 2.89. The van der Waals surface area contributed by atoms with Gasteiger partial charge in [-0.15, -0.1) is 0 Å². The number of fused-ring (bicyclic) bond motifs is 3. The molecule has 6 atom stereocenters. The molecule has 3 saturated heterocycles. The third kappa shape index (κ3) is 2.88. The number of hydrogen-bond acceptors (Lipinski definition) is 3. The predicted octanol–water partition coefficient (Wildman–Crippen LogP) is 3.69. The van der Waals surface area contributed by atoms with E-state index in [9.17, 15) is 0 Å². The molecule has 0 spiro atoms. The standard InChI is InChI=1S/C23H41N3/c1-22(2,3)26-14-17-12-20-19(21(20)26)11-16(17)13-23(4,5)25-10-9-24-8-6-7-18(24)15-25/h16-21H,6-15H2,1-5H3. The van der Waals surface area contributed by atoms with Crippen LogP contribution in [0.25, 0.3) is 0 Å². The molecule has 2 aliphatic carbocycles. The minimum absolute atomic E-state index is 0.361. The quantitative estimate of drug-likeness (QED) is 0.761. The Hall–Kier alpha value is -0.120. The highest BCUT2D eigenvalue weighted by Gasteiger charge is 2.63. The molecule has 26 heavy (non-hydrogen) atoms. The van der Waals surface area contributed by atoms with Crippen LogP contribution in [0.2, 0.25) is 0 Å². The van der Waals surface area contributed by atoms with Gasteiger partial charge in [0.15, 0.2) is 0 Å². The van der Waals surface area contributed by atoms with Crippen LogP contribution in [-0.4, -0.2) is 70.6 Å². The smallest absolute Gasteiger partial charge is 0.0224 e. The van der Waals surface area contributed by atoms with Crippen LogP contribution >= 0.6 is 0 Å². The van der Waals surface area contributed by atoms with E-state index < -0.39 is 0 Å². The van der Waals surface area contributed by atoms with Crippen molar-refractivity contribution in [2.24, 2.45) is 23.7 Å². The van der Waals surface area contributed by atoms with Gasteiger partial charge in [-0.1, -0.05) is 0 Å². The normalized spacial score (nSPS) is 44.2. The largest absolute Gasteiger partial charge is 0.298 e. The minimum Gasteiger partial charge on any atom is -0.298 e. The fourth-order valence-electron chi connectivity index (χ4n) is 7.48. The second-order valence-electron chi connectivity index (χ2n) is 11.9. The van der Waals surface area contributed by atoms with Crippen LogP contribution in [0.1, 0.15) is 66.7 Å². The maximum absolute atomic E-state index is 2.89. The first-order valence-electron chi connectivity index (χ1n) is 11.5. The molecule has 0 aromatic carbocycles. The monoisotopic (exact) mass is 359 g/mol. The summed E-state index contributed by atoms with van der Waals surface area (Å²) in [6.45, 7) is 19.1. The lowest BCUT2D eigenvalue weighted by Gasteiger charge is -2.49. The number of piperidine rings is 1. The van der Waals surface area contributed by atoms with Crippen molar-refractivity contribution in [2.45, 2.75) is 89.9 Å². The second-order valence-corrected chi connectivity index (χ2v) is 11.9. The van der Waals surface area contributed by atoms with Gasteiger partial charge in [-0.2, -0.15) is 0 Å². The predicted molar refractivity (Wildman–Crippen MR) is 108 cm³/mol. The van der Waals surface area contributed by atoms with Gasteiger partial charge in [0.1, 0.15) is 0 Å². The summed E-state index contributed by atoms with van der Waals surface area (Å²) in [7, 11) is 0. The molecule has 5 aliphatic rings. The second kappa shape index (κ2) is 5.94. The summed E-state index contributed by atoms with van der Waals surface area (Å²) in [5.74, 6) is 4.00. The van der Waals surface area contributed by atoms with E-state index in [2.05, 4.69) is 49.3 Å². The molecule has 3 heterocycles. The highest BCUT2D eigenvalue weighted by Crippen LogP contribution is 2.62. The van der Waals surface area contributed by atoms with E-state index in [1.807, 2.05) is 0 Å². The fraction of sp³-hybridized carbons (Fsp3) is 1.00. The van der Waals surface area contributed by atoms with Gasteiger partial charge in [-0.3, -0.25) is 14.7 Å². The van der Waals surface area contributed by atoms with Crippen molar-refractivity contribution in [1.82, 2.24) is 14.7 Å². The van der Waals surface area contributed by atoms with Crippen molar-refractivity contribution in [3.63, 3.8) is 0 Å². The first-order chi connectivity index (χ1) is 12.2. The van der Waals surface area contributed by atoms with Gasteiger partial charge in [0.05, 0.1) is 0 Å². The van der Waals surface area contributed by atoms with Crippen LogP contribution in [0.3, 0.4) is 0 Å². The zero-order chi connectivity index (χ0) is 18.3. The number of nitrogens with zero attached hydrogens (tertiary/aromatic N) is 3. The van der Waals surface area contributed by atoms with Crippen LogP contribution in [0.15, 0.2) is 0 Å². The first kappa shape index (κ1) is 17.9. The van der Waals surface area contributed by atoms with E-state index in [0.29, 0.717) is 11.1 Å². The van der Waals surface area contributed by atoms with E-state index in [4.69, 9.17) is 0 Å². The van der Waals surface area contributed by atoms with Gasteiger partial charge >= 0.3 is 0 Å². The Morgan fingerprint density at radius 3 is 2.42 bits per heavy atom. The Morgan fingerprint density at radius 2 is 1.65 bits per heavy atom. The molecule has 2 bridgehead atoms. The highest BCUT2D eigenvalue weighted by molar-refractivity contribution is 5.15. The minimum atomic E-state index is 0.361. The van der Waals surface area contributed by atoms with Gasteiger partial charge in [0.25, 0.3) is 0 Å². The number of likely N-dealkylation sites (tertiary alicyclic amines) is 1. The van der Waals surface area contributed by atoms with Crippen molar-refractivity contribution >= 4 is 0 Å². The number of hydrogen-bond donors (Lipinski definition) is 0. The molecular weight excluding hydrogens is 318 g/mol. The SMILES string of the molecule is CC(C)(C)N1CC2CC3C(CC2CC(C)(C)N2CCN4CCCC4C2)C31. The summed E-state index contributed by atoms with van der Waals surface area (Å²) in [6.07, 6.45) is 7.36.